The van der Waals surface area contributed by atoms with Gasteiger partial charge in [-0.25, -0.2) is 0 Å². The van der Waals surface area contributed by atoms with Crippen molar-refractivity contribution in [3.05, 3.63) is 0 Å². The van der Waals surface area contributed by atoms with E-state index < -0.39 is 0 Å². The second kappa shape index (κ2) is 8.90. The van der Waals surface area contributed by atoms with Gasteiger partial charge in [0.15, 0.2) is 0 Å². The standard InChI is InChI=1S/C13H27NO/c1-11(2)10-13(15)8-6-5-7-9-14-12(3)4/h11-12,14H,5-10H2,1-4H3. The molecule has 0 spiro atoms. The van der Waals surface area contributed by atoms with E-state index in [0.29, 0.717) is 17.7 Å². The molecule has 15 heavy (non-hydrogen) atoms. The van der Waals surface area contributed by atoms with Gasteiger partial charge in [-0.3, -0.25) is 4.79 Å². The molecule has 90 valence electrons. The highest BCUT2D eigenvalue weighted by Gasteiger charge is 2.04. The molecule has 2 nitrogen and oxygen atoms in total. The SMILES string of the molecule is CC(C)CC(=O)CCCCCNC(C)C. The molecule has 0 bridgehead atoms. The van der Waals surface area contributed by atoms with Crippen molar-refractivity contribution < 1.29 is 4.79 Å². The normalized spacial score (nSPS) is 11.3. The predicted octanol–water partition coefficient (Wildman–Crippen LogP) is 3.16. The minimum atomic E-state index is 0.432. The van der Waals surface area contributed by atoms with Crippen molar-refractivity contribution in [1.82, 2.24) is 5.32 Å². The molecule has 0 saturated heterocycles. The molecule has 0 aromatic rings. The van der Waals surface area contributed by atoms with Gasteiger partial charge in [0.1, 0.15) is 5.78 Å². The number of carbonyl (C=O) groups is 1. The predicted molar refractivity (Wildman–Crippen MR) is 66.1 cm³/mol. The Bertz CT molecular complexity index is 164. The summed E-state index contributed by atoms with van der Waals surface area (Å²) in [5.41, 5.74) is 0. The van der Waals surface area contributed by atoms with Crippen LogP contribution in [0.1, 0.15) is 59.8 Å². The van der Waals surface area contributed by atoms with Crippen LogP contribution in [0.25, 0.3) is 0 Å². The van der Waals surface area contributed by atoms with Crippen LogP contribution in [-0.4, -0.2) is 18.4 Å². The van der Waals surface area contributed by atoms with E-state index >= 15 is 0 Å². The third-order valence-corrected chi connectivity index (χ3v) is 2.32. The molecule has 0 aromatic heterocycles. The number of Topliss-reactive ketones (excluding diaryl/α,β-unsaturated/α-hetero) is 1. The summed E-state index contributed by atoms with van der Waals surface area (Å²) in [5.74, 6) is 0.946. The van der Waals surface area contributed by atoms with Crippen molar-refractivity contribution in [1.29, 1.82) is 0 Å². The average Bonchev–Trinajstić information content (AvgIpc) is 2.09. The molecule has 0 rings (SSSR count). The van der Waals surface area contributed by atoms with Crippen LogP contribution in [0.2, 0.25) is 0 Å². The van der Waals surface area contributed by atoms with Gasteiger partial charge in [-0.1, -0.05) is 34.1 Å². The zero-order valence-corrected chi connectivity index (χ0v) is 10.8. The second-order valence-corrected chi connectivity index (χ2v) is 5.06. The van der Waals surface area contributed by atoms with Crippen LogP contribution in [0, 0.1) is 5.92 Å². The van der Waals surface area contributed by atoms with Crippen LogP contribution >= 0.6 is 0 Å². The van der Waals surface area contributed by atoms with Gasteiger partial charge >= 0.3 is 0 Å². The third-order valence-electron chi connectivity index (χ3n) is 2.32. The fourth-order valence-electron chi connectivity index (χ4n) is 1.57. The molecule has 0 saturated carbocycles. The smallest absolute Gasteiger partial charge is 0.133 e. The van der Waals surface area contributed by atoms with Gasteiger partial charge in [0, 0.05) is 18.9 Å². The fourth-order valence-corrected chi connectivity index (χ4v) is 1.57. The minimum Gasteiger partial charge on any atom is -0.315 e. The number of hydrogen-bond donors (Lipinski definition) is 1. The van der Waals surface area contributed by atoms with Gasteiger partial charge in [0.2, 0.25) is 0 Å². The molecular weight excluding hydrogens is 186 g/mol. The van der Waals surface area contributed by atoms with Crippen LogP contribution in [-0.2, 0) is 4.79 Å². The van der Waals surface area contributed by atoms with Gasteiger partial charge in [-0.2, -0.15) is 0 Å². The maximum Gasteiger partial charge on any atom is 0.133 e. The zero-order valence-electron chi connectivity index (χ0n) is 10.8. The van der Waals surface area contributed by atoms with E-state index in [1.54, 1.807) is 0 Å². The van der Waals surface area contributed by atoms with Crippen molar-refractivity contribution in [3.63, 3.8) is 0 Å². The fraction of sp³-hybridized carbons (Fsp3) is 0.923. The lowest BCUT2D eigenvalue weighted by molar-refractivity contribution is -0.119. The van der Waals surface area contributed by atoms with E-state index in [4.69, 9.17) is 0 Å². The van der Waals surface area contributed by atoms with Crippen LogP contribution in [0.15, 0.2) is 0 Å². The summed E-state index contributed by atoms with van der Waals surface area (Å²) >= 11 is 0. The molecule has 0 fully saturated rings. The molecule has 0 unspecified atom stereocenters. The van der Waals surface area contributed by atoms with Gasteiger partial charge in [0.25, 0.3) is 0 Å². The summed E-state index contributed by atoms with van der Waals surface area (Å²) < 4.78 is 0. The van der Waals surface area contributed by atoms with Crippen LogP contribution in [0.5, 0.6) is 0 Å². The van der Waals surface area contributed by atoms with Crippen LogP contribution in [0.4, 0.5) is 0 Å². The van der Waals surface area contributed by atoms with Crippen molar-refractivity contribution in [3.8, 4) is 0 Å². The summed E-state index contributed by atoms with van der Waals surface area (Å²) in [6.45, 7) is 9.60. The first kappa shape index (κ1) is 14.6. The van der Waals surface area contributed by atoms with E-state index in [1.165, 1.54) is 12.8 Å². The number of nitrogens with one attached hydrogen (secondary N) is 1. The summed E-state index contributed by atoms with van der Waals surface area (Å²) in [5, 5.41) is 3.38. The Hall–Kier alpha value is -0.370. The molecule has 0 aliphatic heterocycles. The topological polar surface area (TPSA) is 29.1 Å². The first-order chi connectivity index (χ1) is 7.02. The second-order valence-electron chi connectivity index (χ2n) is 5.06. The van der Waals surface area contributed by atoms with Gasteiger partial charge in [-0.15, -0.1) is 0 Å². The lowest BCUT2D eigenvalue weighted by atomic mass is 10.0. The quantitative estimate of drug-likeness (QED) is 0.596. The van der Waals surface area contributed by atoms with Gasteiger partial charge < -0.3 is 5.32 Å². The lowest BCUT2D eigenvalue weighted by Gasteiger charge is -2.07. The first-order valence-corrected chi connectivity index (χ1v) is 6.27. The van der Waals surface area contributed by atoms with Crippen molar-refractivity contribution >= 4 is 5.78 Å². The molecular formula is C13H27NO. The maximum absolute atomic E-state index is 11.4. The Balaban J connectivity index is 3.20. The number of hydrogen-bond acceptors (Lipinski definition) is 2. The molecule has 0 aliphatic carbocycles. The highest BCUT2D eigenvalue weighted by Crippen LogP contribution is 2.07. The summed E-state index contributed by atoms with van der Waals surface area (Å²) in [7, 11) is 0. The van der Waals surface area contributed by atoms with Crippen molar-refractivity contribution in [2.75, 3.05) is 6.54 Å². The molecule has 0 atom stereocenters. The van der Waals surface area contributed by atoms with E-state index in [-0.39, 0.29) is 0 Å². The van der Waals surface area contributed by atoms with E-state index in [2.05, 4.69) is 33.0 Å². The lowest BCUT2D eigenvalue weighted by Crippen LogP contribution is -2.23. The largest absolute Gasteiger partial charge is 0.315 e. The molecule has 0 aromatic carbocycles. The zero-order chi connectivity index (χ0) is 11.7. The summed E-state index contributed by atoms with van der Waals surface area (Å²) in [6.07, 6.45) is 4.95. The molecule has 0 amide bonds. The van der Waals surface area contributed by atoms with Crippen LogP contribution in [0.3, 0.4) is 0 Å². The number of ketones is 1. The van der Waals surface area contributed by atoms with E-state index in [9.17, 15) is 4.79 Å². The minimum absolute atomic E-state index is 0.432. The molecule has 0 radical (unpaired) electrons. The van der Waals surface area contributed by atoms with Gasteiger partial charge in [0.05, 0.1) is 0 Å². The highest BCUT2D eigenvalue weighted by atomic mass is 16.1. The molecule has 0 heterocycles. The molecule has 0 aliphatic rings. The van der Waals surface area contributed by atoms with E-state index in [1.807, 2.05) is 0 Å². The highest BCUT2D eigenvalue weighted by molar-refractivity contribution is 5.78. The van der Waals surface area contributed by atoms with Crippen LogP contribution < -0.4 is 5.32 Å². The monoisotopic (exact) mass is 213 g/mol. The Morgan fingerprint density at radius 1 is 1.07 bits per heavy atom. The van der Waals surface area contributed by atoms with E-state index in [0.717, 1.165) is 25.8 Å². The Kier molecular flexibility index (Phi) is 8.68. The molecule has 1 N–H and O–H groups in total. The summed E-state index contributed by atoms with van der Waals surface area (Å²) in [6, 6.07) is 0.576. The number of carbonyl (C=O) groups excluding carboxylic acids is 1. The first-order valence-electron chi connectivity index (χ1n) is 6.27. The van der Waals surface area contributed by atoms with Crippen molar-refractivity contribution in [2.24, 2.45) is 5.92 Å². The number of unbranched alkanes of at least 4 members (excludes halogenated alkanes) is 2. The Labute approximate surface area is 94.8 Å². The number of rotatable bonds is 9. The average molecular weight is 213 g/mol. The van der Waals surface area contributed by atoms with Gasteiger partial charge in [-0.05, 0) is 25.3 Å². The Morgan fingerprint density at radius 3 is 2.27 bits per heavy atom. The maximum atomic E-state index is 11.4. The summed E-state index contributed by atoms with van der Waals surface area (Å²) in [4.78, 5) is 11.4. The third kappa shape index (κ3) is 11.6. The van der Waals surface area contributed by atoms with Crippen molar-refractivity contribution in [2.45, 2.75) is 65.8 Å². The Morgan fingerprint density at radius 2 is 1.73 bits per heavy atom. The molecule has 2 heteroatoms.